The number of rotatable bonds is 0. The maximum atomic E-state index is 11.7. The van der Waals surface area contributed by atoms with E-state index < -0.39 is 61.8 Å². The van der Waals surface area contributed by atoms with E-state index in [1.807, 2.05) is 0 Å². The second-order valence-electron chi connectivity index (χ2n) is 8.00. The van der Waals surface area contributed by atoms with Gasteiger partial charge in [0.25, 0.3) is 0 Å². The van der Waals surface area contributed by atoms with Crippen molar-refractivity contribution in [2.45, 2.75) is 24.7 Å². The quantitative estimate of drug-likeness (QED) is 0.235. The van der Waals surface area contributed by atoms with Gasteiger partial charge in [-0.05, 0) is 63.5 Å². The van der Waals surface area contributed by atoms with Gasteiger partial charge in [-0.25, -0.2) is 0 Å². The second kappa shape index (κ2) is 14.1. The van der Waals surface area contributed by atoms with Gasteiger partial charge in [0.1, 0.15) is 11.4 Å². The molecule has 37 heavy (non-hydrogen) atoms. The second-order valence-corrected chi connectivity index (χ2v) is 15.6. The summed E-state index contributed by atoms with van der Waals surface area (Å²) in [6.07, 6.45) is -19.6. The topological polar surface area (TPSA) is 88.1 Å². The normalized spacial score (nSPS) is 12.6. The minimum absolute atomic E-state index is 0. The van der Waals surface area contributed by atoms with Gasteiger partial charge >= 0.3 is 41.5 Å². The van der Waals surface area contributed by atoms with Gasteiger partial charge in [0.2, 0.25) is 0 Å². The van der Waals surface area contributed by atoms with Crippen molar-refractivity contribution in [2.24, 2.45) is 0 Å². The summed E-state index contributed by atoms with van der Waals surface area (Å²) < 4.78 is 161. The molecule has 2 heterocycles. The Bertz CT molecular complexity index is 874. The fourth-order valence-electron chi connectivity index (χ4n) is 1.14. The van der Waals surface area contributed by atoms with Crippen LogP contribution in [-0.2, 0) is 50.6 Å². The van der Waals surface area contributed by atoms with Crippen molar-refractivity contribution in [1.29, 1.82) is 0 Å². The summed E-state index contributed by atoms with van der Waals surface area (Å²) in [4.78, 5) is 0. The zero-order chi connectivity index (χ0) is 29.6. The van der Waals surface area contributed by atoms with Gasteiger partial charge in [-0.1, -0.05) is 0 Å². The van der Waals surface area contributed by atoms with Crippen LogP contribution in [0.1, 0.15) is 22.8 Å². The van der Waals surface area contributed by atoms with Crippen LogP contribution in [0, 0.1) is 0 Å². The molecule has 0 bridgehead atoms. The largest absolute Gasteiger partial charge is 2.00 e. The molecule has 0 amide bonds. The molecule has 0 unspecified atom stereocenters. The van der Waals surface area contributed by atoms with E-state index in [1.54, 1.807) is 40.0 Å². The van der Waals surface area contributed by atoms with Gasteiger partial charge < -0.3 is 29.5 Å². The fraction of sp³-hybridized carbons (Fsp3) is 0.625. The Hall–Kier alpha value is -1.45. The van der Waals surface area contributed by atoms with Crippen LogP contribution in [0.3, 0.4) is 0 Å². The zero-order valence-corrected chi connectivity index (χ0v) is 22.4. The third kappa shape index (κ3) is 22.3. The molecule has 2 aromatic rings. The molecule has 0 spiro atoms. The van der Waals surface area contributed by atoms with Crippen LogP contribution in [0.2, 0.25) is 0 Å². The summed E-state index contributed by atoms with van der Waals surface area (Å²) in [5.41, 5.74) is -6.56. The van der Waals surface area contributed by atoms with Crippen LogP contribution in [0.25, 0.3) is 0 Å². The Kier molecular flexibility index (Phi) is 15.2. The SMILES string of the molecule is CP(C)(C)=O.CP(C)(C)=O.FC(F)(F)c1cc(C(F)(F)F)[n-]n1.FC(F)(F)c1cc(C(F)(F)F)[n-]n1.[Co+2]. The van der Waals surface area contributed by atoms with E-state index in [0.29, 0.717) is 0 Å². The van der Waals surface area contributed by atoms with Crippen molar-refractivity contribution < 1.29 is 78.6 Å². The maximum absolute atomic E-state index is 11.7. The molecule has 2 rings (SSSR count). The molecule has 0 N–H and O–H groups in total. The van der Waals surface area contributed by atoms with Crippen molar-refractivity contribution >= 4 is 14.3 Å². The molecule has 0 fully saturated rings. The van der Waals surface area contributed by atoms with Crippen molar-refractivity contribution in [3.63, 3.8) is 0 Å². The van der Waals surface area contributed by atoms with E-state index in [9.17, 15) is 61.8 Å². The predicted molar refractivity (Wildman–Crippen MR) is 106 cm³/mol. The van der Waals surface area contributed by atoms with Gasteiger partial charge in [0, 0.05) is 0 Å². The van der Waals surface area contributed by atoms with E-state index in [1.165, 1.54) is 0 Å². The van der Waals surface area contributed by atoms with E-state index in [2.05, 4.69) is 20.4 Å². The average molecular weight is 649 g/mol. The van der Waals surface area contributed by atoms with Gasteiger partial charge in [0.05, 0.1) is 14.3 Å². The Balaban J connectivity index is -0.000000453. The summed E-state index contributed by atoms with van der Waals surface area (Å²) in [6.45, 7) is 10.5. The monoisotopic (exact) mass is 649 g/mol. The molecular weight excluding hydrogens is 629 g/mol. The Morgan fingerprint density at radius 2 is 0.730 bits per heavy atom. The molecule has 21 heteroatoms. The Morgan fingerprint density at radius 3 is 0.811 bits per heavy atom. The van der Waals surface area contributed by atoms with E-state index >= 15 is 0 Å². The number of hydrogen-bond donors (Lipinski definition) is 0. The van der Waals surface area contributed by atoms with Gasteiger partial charge in [-0.3, -0.25) is 0 Å². The molecular formula is C16H20CoF12N4O2P2. The number of hydrogen-bond acceptors (Lipinski definition) is 4. The Morgan fingerprint density at radius 1 is 0.541 bits per heavy atom. The van der Waals surface area contributed by atoms with Gasteiger partial charge in [0.15, 0.2) is 0 Å². The first-order chi connectivity index (χ1) is 15.4. The molecule has 0 saturated heterocycles. The first-order valence-corrected chi connectivity index (χ1v) is 14.9. The van der Waals surface area contributed by atoms with E-state index in [-0.39, 0.29) is 28.9 Å². The number of nitrogens with zero attached hydrogens (tertiary/aromatic N) is 4. The Labute approximate surface area is 213 Å². The van der Waals surface area contributed by atoms with Crippen LogP contribution in [0.15, 0.2) is 12.1 Å². The minimum Gasteiger partial charge on any atom is -0.571 e. The molecule has 0 saturated carbocycles. The predicted octanol–water partition coefficient (Wildman–Crippen LogP) is 6.63. The molecule has 1 radical (unpaired) electrons. The molecule has 0 atom stereocenters. The van der Waals surface area contributed by atoms with Crippen molar-refractivity contribution in [2.75, 3.05) is 40.0 Å². The number of alkyl halides is 12. The summed E-state index contributed by atoms with van der Waals surface area (Å²) in [5.74, 6) is 0. The first kappa shape index (κ1) is 40.0. The summed E-state index contributed by atoms with van der Waals surface area (Å²) >= 11 is 0. The third-order valence-corrected chi connectivity index (χ3v) is 2.24. The summed E-state index contributed by atoms with van der Waals surface area (Å²) in [6, 6.07) is -0.278. The number of halogens is 12. The smallest absolute Gasteiger partial charge is 0.571 e. The molecule has 0 aliphatic carbocycles. The van der Waals surface area contributed by atoms with Gasteiger partial charge in [-0.2, -0.15) is 52.7 Å². The van der Waals surface area contributed by atoms with Crippen LogP contribution < -0.4 is 10.2 Å². The molecule has 2 aromatic heterocycles. The molecule has 0 aliphatic heterocycles. The van der Waals surface area contributed by atoms with Crippen molar-refractivity contribution in [1.82, 2.24) is 20.4 Å². The number of aromatic nitrogens is 4. The first-order valence-electron chi connectivity index (χ1n) is 8.77. The van der Waals surface area contributed by atoms with Crippen molar-refractivity contribution in [3.8, 4) is 0 Å². The maximum Gasteiger partial charge on any atom is 2.00 e. The van der Waals surface area contributed by atoms with E-state index in [0.717, 1.165) is 0 Å². The fourth-order valence-corrected chi connectivity index (χ4v) is 1.14. The average Bonchev–Trinajstić information content (AvgIpc) is 3.20. The molecule has 0 aromatic carbocycles. The summed E-state index contributed by atoms with van der Waals surface area (Å²) in [7, 11) is -3.28. The van der Waals surface area contributed by atoms with Crippen LogP contribution in [0.5, 0.6) is 0 Å². The standard InChI is InChI=1S/2C5HF6N2.2C3H9OP.Co/c2*6-4(7,8)2-1-3(13-12-2)5(9,10)11;2*1-5(2,3)4;/h2*1H;2*1-3H3;/q2*-1;;;+2. The molecule has 0 aliphatic rings. The van der Waals surface area contributed by atoms with Crippen LogP contribution in [-0.4, -0.2) is 50.2 Å². The minimum atomic E-state index is -4.89. The summed E-state index contributed by atoms with van der Waals surface area (Å²) in [5, 5.41) is 9.44. The van der Waals surface area contributed by atoms with Gasteiger partial charge in [-0.15, -0.1) is 0 Å². The molecule has 6 nitrogen and oxygen atoms in total. The van der Waals surface area contributed by atoms with Crippen LogP contribution in [0.4, 0.5) is 52.7 Å². The van der Waals surface area contributed by atoms with E-state index in [4.69, 9.17) is 0 Å². The molecule has 219 valence electrons. The van der Waals surface area contributed by atoms with Crippen LogP contribution >= 0.6 is 14.3 Å². The third-order valence-electron chi connectivity index (χ3n) is 2.24. The zero-order valence-electron chi connectivity index (χ0n) is 19.5. The van der Waals surface area contributed by atoms with Crippen molar-refractivity contribution in [3.05, 3.63) is 34.9 Å².